The average Bonchev–Trinajstić information content (AvgIpc) is 2.94. The van der Waals surface area contributed by atoms with Crippen LogP contribution in [0.25, 0.3) is 0 Å². The number of hydrogen-bond donors (Lipinski definition) is 1. The second-order valence-electron chi connectivity index (χ2n) is 9.66. The van der Waals surface area contributed by atoms with Gasteiger partial charge in [-0.2, -0.15) is 0 Å². The van der Waals surface area contributed by atoms with Gasteiger partial charge in [-0.05, 0) is 62.1 Å². The molecule has 2 amide bonds. The first-order valence-electron chi connectivity index (χ1n) is 13.4. The van der Waals surface area contributed by atoms with E-state index in [1.807, 2.05) is 99.6 Å². The van der Waals surface area contributed by atoms with Gasteiger partial charge in [-0.1, -0.05) is 67.1 Å². The Morgan fingerprint density at radius 1 is 0.895 bits per heavy atom. The molecule has 0 bridgehead atoms. The van der Waals surface area contributed by atoms with Gasteiger partial charge in [0.25, 0.3) is 0 Å². The Kier molecular flexibility index (Phi) is 11.2. The highest BCUT2D eigenvalue weighted by Crippen LogP contribution is 2.19. The molecule has 0 aliphatic heterocycles. The van der Waals surface area contributed by atoms with Crippen molar-refractivity contribution in [3.05, 3.63) is 95.6 Å². The number of amides is 2. The monoisotopic (exact) mass is 516 g/mol. The van der Waals surface area contributed by atoms with Crippen LogP contribution in [-0.2, 0) is 22.6 Å². The van der Waals surface area contributed by atoms with Gasteiger partial charge >= 0.3 is 0 Å². The van der Waals surface area contributed by atoms with Gasteiger partial charge in [0, 0.05) is 25.4 Å². The molecule has 0 aliphatic carbocycles. The summed E-state index contributed by atoms with van der Waals surface area (Å²) in [4.78, 5) is 28.9. The molecule has 0 fully saturated rings. The van der Waals surface area contributed by atoms with Gasteiger partial charge in [0.2, 0.25) is 11.8 Å². The van der Waals surface area contributed by atoms with Crippen LogP contribution >= 0.6 is 0 Å². The van der Waals surface area contributed by atoms with E-state index in [9.17, 15) is 9.59 Å². The second-order valence-corrected chi connectivity index (χ2v) is 9.66. The first kappa shape index (κ1) is 28.8. The van der Waals surface area contributed by atoms with Crippen LogP contribution in [0.15, 0.2) is 78.9 Å². The maximum atomic E-state index is 13.7. The van der Waals surface area contributed by atoms with Crippen molar-refractivity contribution in [1.82, 2.24) is 10.2 Å². The summed E-state index contributed by atoms with van der Waals surface area (Å²) in [5.74, 6) is 1.30. The number of rotatable bonds is 14. The number of aryl methyl sites for hydroxylation is 1. The molecule has 202 valence electrons. The summed E-state index contributed by atoms with van der Waals surface area (Å²) in [6.45, 7) is 6.82. The van der Waals surface area contributed by atoms with Crippen molar-refractivity contribution < 1.29 is 19.1 Å². The predicted octanol–water partition coefficient (Wildman–Crippen LogP) is 5.72. The summed E-state index contributed by atoms with van der Waals surface area (Å²) in [6, 6.07) is 24.8. The van der Waals surface area contributed by atoms with Crippen LogP contribution in [0.4, 0.5) is 0 Å². The summed E-state index contributed by atoms with van der Waals surface area (Å²) in [7, 11) is 1.62. The van der Waals surface area contributed by atoms with E-state index in [0.717, 1.165) is 34.6 Å². The summed E-state index contributed by atoms with van der Waals surface area (Å²) in [6.07, 6.45) is 2.09. The zero-order valence-corrected chi connectivity index (χ0v) is 23.0. The van der Waals surface area contributed by atoms with Crippen molar-refractivity contribution in [2.45, 2.75) is 65.1 Å². The largest absolute Gasteiger partial charge is 0.497 e. The van der Waals surface area contributed by atoms with Crippen molar-refractivity contribution in [2.75, 3.05) is 13.7 Å². The lowest BCUT2D eigenvalue weighted by Gasteiger charge is -2.32. The lowest BCUT2D eigenvalue weighted by molar-refractivity contribution is -0.141. The molecule has 0 saturated heterocycles. The molecule has 6 heteroatoms. The highest BCUT2D eigenvalue weighted by molar-refractivity contribution is 5.88. The van der Waals surface area contributed by atoms with Crippen molar-refractivity contribution in [1.29, 1.82) is 0 Å². The van der Waals surface area contributed by atoms with Gasteiger partial charge in [0.05, 0.1) is 13.7 Å². The average molecular weight is 517 g/mol. The quantitative estimate of drug-likeness (QED) is 0.278. The van der Waals surface area contributed by atoms with E-state index >= 15 is 0 Å². The zero-order chi connectivity index (χ0) is 27.3. The van der Waals surface area contributed by atoms with Crippen molar-refractivity contribution in [3.63, 3.8) is 0 Å². The normalized spacial score (nSPS) is 12.3. The first-order valence-corrected chi connectivity index (χ1v) is 13.4. The Morgan fingerprint density at radius 3 is 2.18 bits per heavy atom. The molecule has 6 nitrogen and oxygen atoms in total. The molecule has 1 N–H and O–H groups in total. The molecule has 0 radical (unpaired) electrons. The fourth-order valence-corrected chi connectivity index (χ4v) is 4.11. The maximum Gasteiger partial charge on any atom is 0.243 e. The second kappa shape index (κ2) is 14.8. The van der Waals surface area contributed by atoms with Crippen molar-refractivity contribution >= 4 is 11.8 Å². The summed E-state index contributed by atoms with van der Waals surface area (Å²) in [5, 5.41) is 3.11. The number of nitrogens with one attached hydrogen (secondary N) is 1. The third kappa shape index (κ3) is 8.94. The smallest absolute Gasteiger partial charge is 0.243 e. The van der Waals surface area contributed by atoms with E-state index in [4.69, 9.17) is 9.47 Å². The van der Waals surface area contributed by atoms with E-state index < -0.39 is 6.04 Å². The Labute approximate surface area is 227 Å². The molecular formula is C32H40N2O4. The van der Waals surface area contributed by atoms with Gasteiger partial charge in [0.15, 0.2) is 0 Å². The lowest BCUT2D eigenvalue weighted by atomic mass is 10.0. The van der Waals surface area contributed by atoms with Crippen molar-refractivity contribution in [3.8, 4) is 11.5 Å². The minimum atomic E-state index is -0.622. The van der Waals surface area contributed by atoms with Crippen LogP contribution in [0.1, 0.15) is 49.8 Å². The maximum absolute atomic E-state index is 13.7. The van der Waals surface area contributed by atoms with E-state index in [1.165, 1.54) is 0 Å². The van der Waals surface area contributed by atoms with Gasteiger partial charge in [-0.25, -0.2) is 0 Å². The van der Waals surface area contributed by atoms with Gasteiger partial charge in [0.1, 0.15) is 17.5 Å². The summed E-state index contributed by atoms with van der Waals surface area (Å²) in [5.41, 5.74) is 3.16. The molecule has 3 rings (SSSR count). The third-order valence-corrected chi connectivity index (χ3v) is 6.61. The third-order valence-electron chi connectivity index (χ3n) is 6.61. The number of methoxy groups -OCH3 is 1. The van der Waals surface area contributed by atoms with Gasteiger partial charge in [-0.15, -0.1) is 0 Å². The minimum absolute atomic E-state index is 0.0231. The van der Waals surface area contributed by atoms with Crippen LogP contribution < -0.4 is 14.8 Å². The molecule has 3 aromatic carbocycles. The van der Waals surface area contributed by atoms with Crippen LogP contribution in [0.3, 0.4) is 0 Å². The predicted molar refractivity (Wildman–Crippen MR) is 151 cm³/mol. The first-order chi connectivity index (χ1) is 18.4. The molecule has 2 atom stereocenters. The number of nitrogens with zero attached hydrogens (tertiary/aromatic N) is 1. The lowest BCUT2D eigenvalue weighted by Crippen LogP contribution is -2.52. The molecule has 0 aliphatic rings. The van der Waals surface area contributed by atoms with E-state index in [0.29, 0.717) is 26.0 Å². The number of ether oxygens (including phenoxy) is 2. The molecule has 0 heterocycles. The van der Waals surface area contributed by atoms with Crippen LogP contribution in [-0.4, -0.2) is 42.5 Å². The number of benzene rings is 3. The Morgan fingerprint density at radius 2 is 1.55 bits per heavy atom. The highest BCUT2D eigenvalue weighted by atomic mass is 16.5. The van der Waals surface area contributed by atoms with Gasteiger partial charge < -0.3 is 19.7 Å². The number of carbonyl (C=O) groups is 2. The molecule has 0 saturated carbocycles. The zero-order valence-electron chi connectivity index (χ0n) is 23.0. The summed E-state index contributed by atoms with van der Waals surface area (Å²) >= 11 is 0. The van der Waals surface area contributed by atoms with Crippen molar-refractivity contribution in [2.24, 2.45) is 0 Å². The molecule has 0 spiro atoms. The summed E-state index contributed by atoms with van der Waals surface area (Å²) < 4.78 is 11.0. The molecule has 3 aromatic rings. The highest BCUT2D eigenvalue weighted by Gasteiger charge is 2.30. The Balaban J connectivity index is 1.77. The number of hydrogen-bond acceptors (Lipinski definition) is 4. The van der Waals surface area contributed by atoms with E-state index in [1.54, 1.807) is 12.0 Å². The topological polar surface area (TPSA) is 67.9 Å². The Bertz CT molecular complexity index is 1130. The van der Waals surface area contributed by atoms with E-state index in [-0.39, 0.29) is 24.3 Å². The van der Waals surface area contributed by atoms with E-state index in [2.05, 4.69) is 5.32 Å². The number of carbonyl (C=O) groups excluding carboxylic acids is 2. The molecule has 0 aromatic heterocycles. The molecule has 0 unspecified atom stereocenters. The van der Waals surface area contributed by atoms with Crippen LogP contribution in [0.5, 0.6) is 11.5 Å². The fraction of sp³-hybridized carbons (Fsp3) is 0.375. The molecular weight excluding hydrogens is 476 g/mol. The van der Waals surface area contributed by atoms with Crippen LogP contribution in [0.2, 0.25) is 0 Å². The van der Waals surface area contributed by atoms with Gasteiger partial charge in [-0.3, -0.25) is 9.59 Å². The molecule has 38 heavy (non-hydrogen) atoms. The fourth-order valence-electron chi connectivity index (χ4n) is 4.11. The minimum Gasteiger partial charge on any atom is -0.497 e. The Hall–Kier alpha value is -3.80. The SMILES string of the molecule is CC[C@@H](C)NC(=O)[C@@H](Cc1ccccc1)N(Cc1ccc(C)cc1)C(=O)CCCOc1ccc(OC)cc1. The standard InChI is InChI=1S/C32H40N2O4/c1-5-25(3)33-32(36)30(22-26-10-7-6-8-11-26)34(23-27-15-13-24(2)14-16-27)31(35)12-9-21-38-29-19-17-28(37-4)18-20-29/h6-8,10-11,13-20,25,30H,5,9,12,21-23H2,1-4H3,(H,33,36)/t25-,30-/m1/s1. The van der Waals surface area contributed by atoms with Crippen LogP contribution in [0, 0.1) is 6.92 Å².